The molecule has 2 rings (SSSR count). The SMILES string of the molecule is COc1nccc(N(C)C)c1NCc1cnc(C)s1. The van der Waals surface area contributed by atoms with Crippen LogP contribution in [0.5, 0.6) is 5.88 Å². The minimum Gasteiger partial charge on any atom is -0.479 e. The first-order valence-corrected chi connectivity index (χ1v) is 6.79. The molecule has 2 heterocycles. The molecule has 0 radical (unpaired) electrons. The van der Waals surface area contributed by atoms with Crippen LogP contribution in [0.1, 0.15) is 9.88 Å². The lowest BCUT2D eigenvalue weighted by molar-refractivity contribution is 0.400. The first-order chi connectivity index (χ1) is 9.11. The molecule has 0 saturated heterocycles. The summed E-state index contributed by atoms with van der Waals surface area (Å²) in [5, 5.41) is 4.46. The fourth-order valence-electron chi connectivity index (χ4n) is 1.79. The summed E-state index contributed by atoms with van der Waals surface area (Å²) in [6, 6.07) is 1.96. The van der Waals surface area contributed by atoms with E-state index in [1.165, 1.54) is 4.88 Å². The van der Waals surface area contributed by atoms with Gasteiger partial charge in [0.25, 0.3) is 0 Å². The van der Waals surface area contributed by atoms with Crippen LogP contribution in [0.4, 0.5) is 11.4 Å². The van der Waals surface area contributed by atoms with Crippen LogP contribution < -0.4 is 15.0 Å². The molecule has 1 N–H and O–H groups in total. The Kier molecular flexibility index (Phi) is 4.21. The zero-order valence-electron chi connectivity index (χ0n) is 11.6. The molecule has 0 bridgehead atoms. The fourth-order valence-corrected chi connectivity index (χ4v) is 2.52. The Morgan fingerprint density at radius 1 is 1.37 bits per heavy atom. The predicted octanol–water partition coefficient (Wildman–Crippen LogP) is 2.53. The molecule has 0 aliphatic rings. The molecule has 0 aliphatic heterocycles. The third-order valence-electron chi connectivity index (χ3n) is 2.68. The Balaban J connectivity index is 2.22. The molecule has 2 aromatic rings. The van der Waals surface area contributed by atoms with Crippen LogP contribution in [0.3, 0.4) is 0 Å². The van der Waals surface area contributed by atoms with E-state index >= 15 is 0 Å². The van der Waals surface area contributed by atoms with E-state index in [2.05, 4.69) is 15.3 Å². The number of nitrogens with one attached hydrogen (secondary N) is 1. The van der Waals surface area contributed by atoms with Gasteiger partial charge in [0.05, 0.1) is 24.3 Å². The minimum atomic E-state index is 0.604. The number of hydrogen-bond donors (Lipinski definition) is 1. The molecule has 5 nitrogen and oxygen atoms in total. The summed E-state index contributed by atoms with van der Waals surface area (Å²) in [6.45, 7) is 2.72. The summed E-state index contributed by atoms with van der Waals surface area (Å²) < 4.78 is 5.32. The number of rotatable bonds is 5. The van der Waals surface area contributed by atoms with Crippen LogP contribution in [0.25, 0.3) is 0 Å². The van der Waals surface area contributed by atoms with E-state index in [1.54, 1.807) is 24.6 Å². The van der Waals surface area contributed by atoms with Crippen LogP contribution in [0.2, 0.25) is 0 Å². The number of pyridine rings is 1. The number of aromatic nitrogens is 2. The lowest BCUT2D eigenvalue weighted by Gasteiger charge is -2.19. The smallest absolute Gasteiger partial charge is 0.239 e. The highest BCUT2D eigenvalue weighted by Crippen LogP contribution is 2.32. The van der Waals surface area contributed by atoms with Gasteiger partial charge in [0, 0.05) is 31.4 Å². The highest BCUT2D eigenvalue weighted by molar-refractivity contribution is 7.11. The van der Waals surface area contributed by atoms with Gasteiger partial charge in [-0.2, -0.15) is 0 Å². The molecule has 2 aromatic heterocycles. The molecule has 0 aliphatic carbocycles. The van der Waals surface area contributed by atoms with Gasteiger partial charge < -0.3 is 15.0 Å². The highest BCUT2D eigenvalue weighted by Gasteiger charge is 2.12. The second kappa shape index (κ2) is 5.88. The second-order valence-electron chi connectivity index (χ2n) is 4.31. The average Bonchev–Trinajstić information content (AvgIpc) is 2.81. The lowest BCUT2D eigenvalue weighted by atomic mass is 10.3. The standard InChI is InChI=1S/C13H18N4OS/c1-9-15-7-10(19-9)8-16-12-11(17(2)3)5-6-14-13(12)18-4/h5-7,16H,8H2,1-4H3. The normalized spacial score (nSPS) is 10.3. The number of aryl methyl sites for hydroxylation is 1. The van der Waals surface area contributed by atoms with E-state index in [1.807, 2.05) is 38.2 Å². The maximum absolute atomic E-state index is 5.32. The molecule has 0 atom stereocenters. The number of ether oxygens (including phenoxy) is 1. The summed E-state index contributed by atoms with van der Waals surface area (Å²) in [7, 11) is 5.62. The Labute approximate surface area is 117 Å². The first kappa shape index (κ1) is 13.6. The van der Waals surface area contributed by atoms with Crippen molar-refractivity contribution in [2.75, 3.05) is 31.4 Å². The van der Waals surface area contributed by atoms with E-state index < -0.39 is 0 Å². The van der Waals surface area contributed by atoms with Gasteiger partial charge in [-0.05, 0) is 13.0 Å². The first-order valence-electron chi connectivity index (χ1n) is 5.97. The summed E-state index contributed by atoms with van der Waals surface area (Å²) in [4.78, 5) is 11.7. The lowest BCUT2D eigenvalue weighted by Crippen LogP contribution is -2.13. The van der Waals surface area contributed by atoms with Crippen molar-refractivity contribution >= 4 is 22.7 Å². The maximum Gasteiger partial charge on any atom is 0.239 e. The fraction of sp³-hybridized carbons (Fsp3) is 0.385. The van der Waals surface area contributed by atoms with Gasteiger partial charge in [-0.1, -0.05) is 0 Å². The summed E-state index contributed by atoms with van der Waals surface area (Å²) >= 11 is 1.69. The van der Waals surface area contributed by atoms with E-state index in [-0.39, 0.29) is 0 Å². The Bertz CT molecular complexity index is 553. The van der Waals surface area contributed by atoms with Gasteiger partial charge >= 0.3 is 0 Å². The number of nitrogens with zero attached hydrogens (tertiary/aromatic N) is 3. The predicted molar refractivity (Wildman–Crippen MR) is 79.3 cm³/mol. The van der Waals surface area contributed by atoms with Gasteiger partial charge in [-0.15, -0.1) is 11.3 Å². The number of methoxy groups -OCH3 is 1. The van der Waals surface area contributed by atoms with Crippen LogP contribution >= 0.6 is 11.3 Å². The monoisotopic (exact) mass is 278 g/mol. The van der Waals surface area contributed by atoms with Crippen molar-refractivity contribution in [2.24, 2.45) is 0 Å². The zero-order valence-corrected chi connectivity index (χ0v) is 12.4. The minimum absolute atomic E-state index is 0.604. The Morgan fingerprint density at radius 2 is 2.16 bits per heavy atom. The molecule has 0 aromatic carbocycles. The van der Waals surface area contributed by atoms with Crippen molar-refractivity contribution in [3.8, 4) is 5.88 Å². The Hall–Kier alpha value is -1.82. The average molecular weight is 278 g/mol. The van der Waals surface area contributed by atoms with Gasteiger partial charge in [-0.25, -0.2) is 9.97 Å². The molecule has 6 heteroatoms. The molecule has 0 fully saturated rings. The van der Waals surface area contributed by atoms with Crippen LogP contribution in [-0.2, 0) is 6.54 Å². The molecule has 19 heavy (non-hydrogen) atoms. The number of hydrogen-bond acceptors (Lipinski definition) is 6. The quantitative estimate of drug-likeness (QED) is 0.911. The van der Waals surface area contributed by atoms with Gasteiger partial charge in [0.15, 0.2) is 0 Å². The third-order valence-corrected chi connectivity index (χ3v) is 3.59. The van der Waals surface area contributed by atoms with Crippen molar-refractivity contribution < 1.29 is 4.74 Å². The molecule has 0 spiro atoms. The number of thiazole rings is 1. The summed E-state index contributed by atoms with van der Waals surface area (Å²) in [6.07, 6.45) is 3.64. The molecular weight excluding hydrogens is 260 g/mol. The van der Waals surface area contributed by atoms with Crippen LogP contribution in [0.15, 0.2) is 18.5 Å². The summed E-state index contributed by atoms with van der Waals surface area (Å²) in [5.74, 6) is 0.604. The van der Waals surface area contributed by atoms with E-state index in [0.717, 1.165) is 16.4 Å². The molecule has 0 saturated carbocycles. The molecule has 102 valence electrons. The van der Waals surface area contributed by atoms with Crippen molar-refractivity contribution in [3.05, 3.63) is 28.3 Å². The summed E-state index contributed by atoms with van der Waals surface area (Å²) in [5.41, 5.74) is 1.95. The van der Waals surface area contributed by atoms with E-state index in [0.29, 0.717) is 12.4 Å². The van der Waals surface area contributed by atoms with Gasteiger partial charge in [-0.3, -0.25) is 0 Å². The Morgan fingerprint density at radius 3 is 2.74 bits per heavy atom. The molecular formula is C13H18N4OS. The van der Waals surface area contributed by atoms with Crippen LogP contribution in [0, 0.1) is 6.92 Å². The van der Waals surface area contributed by atoms with Crippen molar-refractivity contribution in [1.82, 2.24) is 9.97 Å². The van der Waals surface area contributed by atoms with Crippen molar-refractivity contribution in [2.45, 2.75) is 13.5 Å². The van der Waals surface area contributed by atoms with Crippen LogP contribution in [-0.4, -0.2) is 31.2 Å². The maximum atomic E-state index is 5.32. The highest BCUT2D eigenvalue weighted by atomic mass is 32.1. The van der Waals surface area contributed by atoms with Crippen molar-refractivity contribution in [3.63, 3.8) is 0 Å². The van der Waals surface area contributed by atoms with Crippen molar-refractivity contribution in [1.29, 1.82) is 0 Å². The van der Waals surface area contributed by atoms with Gasteiger partial charge in [0.2, 0.25) is 5.88 Å². The molecule has 0 amide bonds. The van der Waals surface area contributed by atoms with E-state index in [4.69, 9.17) is 4.74 Å². The largest absolute Gasteiger partial charge is 0.479 e. The zero-order chi connectivity index (χ0) is 13.8. The molecule has 0 unspecified atom stereocenters. The second-order valence-corrected chi connectivity index (χ2v) is 5.63. The van der Waals surface area contributed by atoms with E-state index in [9.17, 15) is 0 Å². The topological polar surface area (TPSA) is 50.3 Å². The third kappa shape index (κ3) is 3.14. The number of anilines is 2. The van der Waals surface area contributed by atoms with Gasteiger partial charge in [0.1, 0.15) is 5.69 Å².